The maximum absolute atomic E-state index is 14.0. The maximum atomic E-state index is 14.0. The molecule has 3 heterocycles. The largest absolute Gasteiger partial charge is 0.461 e. The van der Waals surface area contributed by atoms with Gasteiger partial charge in [0.1, 0.15) is 12.6 Å². The van der Waals surface area contributed by atoms with E-state index in [0.29, 0.717) is 26.1 Å². The van der Waals surface area contributed by atoms with Gasteiger partial charge in [-0.3, -0.25) is 14.4 Å². The summed E-state index contributed by atoms with van der Waals surface area (Å²) in [6.45, 7) is 11.4. The third kappa shape index (κ3) is 5.08. The third-order valence-corrected chi connectivity index (χ3v) is 9.35. The standard InChI is InChI=1S/C26H40N2O5S/c1-4-7-9-15-27(14-5-2)24(31)22-26-13-12-19(34-26)20(25(32)33-18-6-3)21(26)23(30)28(22)16-10-8-11-17-29/h5-6,19-22,29H,2-4,7-18H2,1H3/t19-,20+,21-,22?,26?/m0/s1. The summed E-state index contributed by atoms with van der Waals surface area (Å²) in [6, 6.07) is -0.576. The van der Waals surface area contributed by atoms with Crippen LogP contribution in [-0.4, -0.2) is 81.6 Å². The van der Waals surface area contributed by atoms with Crippen molar-refractivity contribution >= 4 is 29.5 Å². The molecule has 5 atom stereocenters. The number of fused-ring (bicyclic) bond motifs is 1. The number of thioether (sulfide) groups is 1. The minimum atomic E-state index is -0.585. The van der Waals surface area contributed by atoms with Gasteiger partial charge in [-0.2, -0.15) is 0 Å². The lowest BCUT2D eigenvalue weighted by Gasteiger charge is -2.37. The monoisotopic (exact) mass is 492 g/mol. The van der Waals surface area contributed by atoms with Crippen LogP contribution in [0.25, 0.3) is 0 Å². The molecule has 190 valence electrons. The number of likely N-dealkylation sites (tertiary alicyclic amines) is 1. The van der Waals surface area contributed by atoms with E-state index >= 15 is 0 Å². The second-order valence-electron chi connectivity index (χ2n) is 9.57. The molecule has 3 fully saturated rings. The normalized spacial score (nSPS) is 29.2. The molecule has 2 bridgehead atoms. The molecule has 3 rings (SSSR count). The second kappa shape index (κ2) is 12.2. The summed E-state index contributed by atoms with van der Waals surface area (Å²) in [7, 11) is 0. The average molecular weight is 493 g/mol. The van der Waals surface area contributed by atoms with Crippen molar-refractivity contribution in [3.8, 4) is 0 Å². The van der Waals surface area contributed by atoms with Crippen LogP contribution in [-0.2, 0) is 19.1 Å². The Morgan fingerprint density at radius 3 is 2.71 bits per heavy atom. The highest BCUT2D eigenvalue weighted by atomic mass is 32.2. The highest BCUT2D eigenvalue weighted by Crippen LogP contribution is 2.66. The molecule has 3 saturated heterocycles. The van der Waals surface area contributed by atoms with Crippen LogP contribution in [0.1, 0.15) is 58.3 Å². The van der Waals surface area contributed by atoms with E-state index in [1.807, 2.05) is 4.90 Å². The van der Waals surface area contributed by atoms with E-state index in [9.17, 15) is 14.4 Å². The predicted octanol–water partition coefficient (Wildman–Crippen LogP) is 3.17. The fourth-order valence-electron chi connectivity index (χ4n) is 5.92. The molecular formula is C26H40N2O5S. The van der Waals surface area contributed by atoms with E-state index in [2.05, 4.69) is 20.1 Å². The van der Waals surface area contributed by atoms with E-state index in [1.54, 1.807) is 22.7 Å². The first-order chi connectivity index (χ1) is 16.5. The van der Waals surface area contributed by atoms with Crippen LogP contribution >= 0.6 is 11.8 Å². The van der Waals surface area contributed by atoms with Crippen LogP contribution in [0.2, 0.25) is 0 Å². The number of unbranched alkanes of at least 4 members (excludes halogenated alkanes) is 4. The number of hydrogen-bond acceptors (Lipinski definition) is 6. The number of carbonyl (C=O) groups is 3. The number of hydrogen-bond donors (Lipinski definition) is 1. The molecule has 2 unspecified atom stereocenters. The van der Waals surface area contributed by atoms with Gasteiger partial charge in [-0.25, -0.2) is 0 Å². The van der Waals surface area contributed by atoms with Crippen LogP contribution in [0.15, 0.2) is 25.3 Å². The van der Waals surface area contributed by atoms with E-state index in [0.717, 1.165) is 44.9 Å². The van der Waals surface area contributed by atoms with Crippen molar-refractivity contribution < 1.29 is 24.2 Å². The summed E-state index contributed by atoms with van der Waals surface area (Å²) in [5, 5.41) is 9.16. The lowest BCUT2D eigenvalue weighted by atomic mass is 9.71. The van der Waals surface area contributed by atoms with Crippen LogP contribution in [0.5, 0.6) is 0 Å². The molecule has 0 radical (unpaired) electrons. The Morgan fingerprint density at radius 1 is 1.24 bits per heavy atom. The van der Waals surface area contributed by atoms with Crippen LogP contribution in [0.3, 0.4) is 0 Å². The SMILES string of the molecule is C=CCOC(=O)[C@@H]1[C@@H]2CCC3(S2)C(C(=O)N(CC=C)CCCCC)N(CCCCCO)C(=O)[C@H]13. The first-order valence-electron chi connectivity index (χ1n) is 12.7. The summed E-state index contributed by atoms with van der Waals surface area (Å²) in [6.07, 6.45) is 10.0. The number of amides is 2. The van der Waals surface area contributed by atoms with Crippen molar-refractivity contribution in [1.82, 2.24) is 9.80 Å². The van der Waals surface area contributed by atoms with Gasteiger partial charge in [0, 0.05) is 31.5 Å². The van der Waals surface area contributed by atoms with Crippen molar-refractivity contribution in [2.45, 2.75) is 74.3 Å². The molecule has 34 heavy (non-hydrogen) atoms. The first kappa shape index (κ1) is 26.8. The average Bonchev–Trinajstić information content (AvgIpc) is 3.47. The maximum Gasteiger partial charge on any atom is 0.311 e. The van der Waals surface area contributed by atoms with Gasteiger partial charge in [0.15, 0.2) is 0 Å². The molecule has 0 aromatic heterocycles. The van der Waals surface area contributed by atoms with Gasteiger partial charge in [-0.05, 0) is 38.5 Å². The summed E-state index contributed by atoms with van der Waals surface area (Å²) in [5.74, 6) is -1.51. The summed E-state index contributed by atoms with van der Waals surface area (Å²) in [4.78, 5) is 44.5. The van der Waals surface area contributed by atoms with Gasteiger partial charge < -0.3 is 19.6 Å². The van der Waals surface area contributed by atoms with Crippen LogP contribution < -0.4 is 0 Å². The molecule has 0 aromatic rings. The van der Waals surface area contributed by atoms with Gasteiger partial charge in [-0.15, -0.1) is 18.3 Å². The number of nitrogens with zero attached hydrogens (tertiary/aromatic N) is 2. The number of ether oxygens (including phenoxy) is 1. The third-order valence-electron chi connectivity index (χ3n) is 7.40. The second-order valence-corrected chi connectivity index (χ2v) is 11.2. The van der Waals surface area contributed by atoms with Crippen molar-refractivity contribution in [3.05, 3.63) is 25.3 Å². The lowest BCUT2D eigenvalue weighted by molar-refractivity contribution is -0.153. The van der Waals surface area contributed by atoms with Gasteiger partial charge >= 0.3 is 5.97 Å². The molecular weight excluding hydrogens is 452 g/mol. The summed E-state index contributed by atoms with van der Waals surface area (Å²) < 4.78 is 4.81. The molecule has 3 aliphatic rings. The highest BCUT2D eigenvalue weighted by molar-refractivity contribution is 8.02. The van der Waals surface area contributed by atoms with E-state index in [1.165, 1.54) is 6.08 Å². The zero-order valence-electron chi connectivity index (χ0n) is 20.5. The molecule has 8 heteroatoms. The first-order valence-corrected chi connectivity index (χ1v) is 13.6. The zero-order valence-corrected chi connectivity index (χ0v) is 21.3. The molecule has 0 aliphatic carbocycles. The minimum Gasteiger partial charge on any atom is -0.461 e. The molecule has 3 aliphatic heterocycles. The highest BCUT2D eigenvalue weighted by Gasteiger charge is 2.74. The Morgan fingerprint density at radius 2 is 2.03 bits per heavy atom. The van der Waals surface area contributed by atoms with Crippen molar-refractivity contribution in [3.63, 3.8) is 0 Å². The van der Waals surface area contributed by atoms with E-state index in [-0.39, 0.29) is 36.2 Å². The number of carbonyl (C=O) groups excluding carboxylic acids is 3. The van der Waals surface area contributed by atoms with Gasteiger partial charge in [0.05, 0.1) is 16.6 Å². The molecule has 0 saturated carbocycles. The van der Waals surface area contributed by atoms with Crippen LogP contribution in [0.4, 0.5) is 0 Å². The Labute approximate surface area is 208 Å². The summed E-state index contributed by atoms with van der Waals surface area (Å²) in [5.41, 5.74) is 0. The molecule has 2 amide bonds. The number of aliphatic hydroxyl groups excluding tert-OH is 1. The number of aliphatic hydroxyl groups is 1. The van der Waals surface area contributed by atoms with Gasteiger partial charge in [-0.1, -0.05) is 38.5 Å². The zero-order chi connectivity index (χ0) is 24.7. The Bertz CT molecular complexity index is 774. The van der Waals surface area contributed by atoms with Crippen molar-refractivity contribution in [1.29, 1.82) is 0 Å². The number of esters is 1. The van der Waals surface area contributed by atoms with E-state index < -0.39 is 22.6 Å². The molecule has 0 aromatic carbocycles. The fraction of sp³-hybridized carbons (Fsp3) is 0.731. The Kier molecular flexibility index (Phi) is 9.65. The van der Waals surface area contributed by atoms with Gasteiger partial charge in [0.2, 0.25) is 11.8 Å². The summed E-state index contributed by atoms with van der Waals surface area (Å²) >= 11 is 1.67. The smallest absolute Gasteiger partial charge is 0.311 e. The quantitative estimate of drug-likeness (QED) is 0.215. The van der Waals surface area contributed by atoms with Gasteiger partial charge in [0.25, 0.3) is 0 Å². The minimum absolute atomic E-state index is 0.00560. The van der Waals surface area contributed by atoms with E-state index in [4.69, 9.17) is 9.84 Å². The van der Waals surface area contributed by atoms with Crippen molar-refractivity contribution in [2.75, 3.05) is 32.8 Å². The molecule has 1 spiro atoms. The Balaban J connectivity index is 1.91. The fourth-order valence-corrected chi connectivity index (χ4v) is 8.12. The van der Waals surface area contributed by atoms with Crippen molar-refractivity contribution in [2.24, 2.45) is 11.8 Å². The molecule has 1 N–H and O–H groups in total. The predicted molar refractivity (Wildman–Crippen MR) is 134 cm³/mol. The Hall–Kier alpha value is -1.80. The number of rotatable bonds is 15. The topological polar surface area (TPSA) is 87.2 Å². The molecule has 7 nitrogen and oxygen atoms in total. The lowest BCUT2D eigenvalue weighted by Crippen LogP contribution is -2.55. The van der Waals surface area contributed by atoms with Crippen LogP contribution in [0, 0.1) is 11.8 Å².